The molecule has 1 aromatic carbocycles. The van der Waals surface area contributed by atoms with E-state index < -0.39 is 0 Å². The molecule has 3 N–H and O–H groups in total. The fourth-order valence-corrected chi connectivity index (χ4v) is 2.56. The molecule has 0 spiro atoms. The van der Waals surface area contributed by atoms with Gasteiger partial charge in [-0.15, -0.1) is 0 Å². The number of nitrogens with one attached hydrogen (secondary N) is 1. The monoisotopic (exact) mass is 264 g/mol. The summed E-state index contributed by atoms with van der Waals surface area (Å²) in [5.41, 5.74) is 1.91. The lowest BCUT2D eigenvalue weighted by atomic mass is 9.91. The van der Waals surface area contributed by atoms with Gasteiger partial charge in [-0.05, 0) is 39.3 Å². The number of hydrogen-bond acceptors (Lipinski definition) is 4. The molecule has 1 fully saturated rings. The second kappa shape index (κ2) is 6.26. The van der Waals surface area contributed by atoms with Crippen LogP contribution < -0.4 is 10.2 Å². The number of anilines is 1. The van der Waals surface area contributed by atoms with Gasteiger partial charge in [0, 0.05) is 35.9 Å². The van der Waals surface area contributed by atoms with Crippen LogP contribution in [0.4, 0.5) is 5.69 Å². The molecule has 1 atom stereocenters. The van der Waals surface area contributed by atoms with Crippen LogP contribution in [0.1, 0.15) is 37.8 Å². The number of phenols is 1. The summed E-state index contributed by atoms with van der Waals surface area (Å²) in [6.45, 7) is 2.79. The highest BCUT2D eigenvalue weighted by Crippen LogP contribution is 2.33. The first-order chi connectivity index (χ1) is 9.17. The van der Waals surface area contributed by atoms with Crippen molar-refractivity contribution in [3.63, 3.8) is 0 Å². The third-order valence-corrected chi connectivity index (χ3v) is 4.10. The highest BCUT2D eigenvalue weighted by atomic mass is 16.3. The van der Waals surface area contributed by atoms with Crippen LogP contribution in [0.2, 0.25) is 0 Å². The maximum atomic E-state index is 10.2. The molecule has 1 aliphatic rings. The molecule has 0 amide bonds. The van der Waals surface area contributed by atoms with E-state index in [9.17, 15) is 10.2 Å². The van der Waals surface area contributed by atoms with E-state index in [0.29, 0.717) is 18.3 Å². The van der Waals surface area contributed by atoms with E-state index in [1.54, 1.807) is 0 Å². The van der Waals surface area contributed by atoms with Crippen LogP contribution in [0.5, 0.6) is 5.75 Å². The summed E-state index contributed by atoms with van der Waals surface area (Å²) in [5.74, 6) is 0.321. The molecular weight excluding hydrogens is 240 g/mol. The molecule has 0 heterocycles. The Kier molecular flexibility index (Phi) is 4.66. The van der Waals surface area contributed by atoms with Gasteiger partial charge >= 0.3 is 0 Å². The van der Waals surface area contributed by atoms with Crippen LogP contribution in [-0.4, -0.2) is 36.5 Å². The molecule has 0 aliphatic heterocycles. The SMILES string of the molecule is CNC(C)c1ccc(N(CCO)C2CCC2)cc1O. The van der Waals surface area contributed by atoms with Crippen molar-refractivity contribution in [2.75, 3.05) is 25.1 Å². The quantitative estimate of drug-likeness (QED) is 0.736. The smallest absolute Gasteiger partial charge is 0.122 e. The van der Waals surface area contributed by atoms with E-state index in [4.69, 9.17) is 0 Å². The Labute approximate surface area is 115 Å². The Bertz CT molecular complexity index is 419. The highest BCUT2D eigenvalue weighted by Gasteiger charge is 2.25. The molecule has 1 aliphatic carbocycles. The van der Waals surface area contributed by atoms with Gasteiger partial charge in [0.1, 0.15) is 5.75 Å². The summed E-state index contributed by atoms with van der Waals surface area (Å²) in [5, 5.41) is 22.5. The molecular formula is C15H24N2O2. The van der Waals surface area contributed by atoms with Crippen molar-refractivity contribution in [2.24, 2.45) is 0 Å². The van der Waals surface area contributed by atoms with Gasteiger partial charge in [-0.1, -0.05) is 6.07 Å². The highest BCUT2D eigenvalue weighted by molar-refractivity contribution is 5.55. The van der Waals surface area contributed by atoms with Crippen molar-refractivity contribution in [2.45, 2.75) is 38.3 Å². The fraction of sp³-hybridized carbons (Fsp3) is 0.600. The van der Waals surface area contributed by atoms with Crippen LogP contribution >= 0.6 is 0 Å². The molecule has 19 heavy (non-hydrogen) atoms. The third kappa shape index (κ3) is 3.01. The third-order valence-electron chi connectivity index (χ3n) is 4.10. The summed E-state index contributed by atoms with van der Waals surface area (Å²) in [6.07, 6.45) is 3.61. The van der Waals surface area contributed by atoms with Gasteiger partial charge in [0.25, 0.3) is 0 Å². The number of rotatable bonds is 6. The molecule has 0 saturated heterocycles. The molecule has 0 radical (unpaired) electrons. The van der Waals surface area contributed by atoms with Crippen LogP contribution in [0.15, 0.2) is 18.2 Å². The minimum Gasteiger partial charge on any atom is -0.508 e. The average molecular weight is 264 g/mol. The molecule has 1 unspecified atom stereocenters. The topological polar surface area (TPSA) is 55.7 Å². The van der Waals surface area contributed by atoms with Crippen molar-refractivity contribution in [1.29, 1.82) is 0 Å². The number of aliphatic hydroxyl groups is 1. The number of nitrogens with zero attached hydrogens (tertiary/aromatic N) is 1. The Morgan fingerprint density at radius 2 is 2.16 bits per heavy atom. The first-order valence-corrected chi connectivity index (χ1v) is 7.05. The van der Waals surface area contributed by atoms with E-state index in [1.807, 2.05) is 32.2 Å². The Morgan fingerprint density at radius 1 is 1.42 bits per heavy atom. The summed E-state index contributed by atoms with van der Waals surface area (Å²) >= 11 is 0. The maximum absolute atomic E-state index is 10.2. The summed E-state index contributed by atoms with van der Waals surface area (Å²) in [7, 11) is 1.88. The molecule has 4 heteroatoms. The van der Waals surface area contributed by atoms with E-state index >= 15 is 0 Å². The molecule has 2 rings (SSSR count). The second-order valence-corrected chi connectivity index (χ2v) is 5.26. The molecule has 1 aromatic rings. The van der Waals surface area contributed by atoms with E-state index in [0.717, 1.165) is 11.3 Å². The van der Waals surface area contributed by atoms with Crippen LogP contribution in [0.3, 0.4) is 0 Å². The number of benzene rings is 1. The lowest BCUT2D eigenvalue weighted by Gasteiger charge is -2.39. The first kappa shape index (κ1) is 14.2. The van der Waals surface area contributed by atoms with E-state index in [-0.39, 0.29) is 12.6 Å². The zero-order chi connectivity index (χ0) is 13.8. The van der Waals surface area contributed by atoms with Gasteiger partial charge < -0.3 is 20.4 Å². The standard InChI is InChI=1S/C15H24N2O2/c1-11(16-2)14-7-6-13(10-15(14)19)17(8-9-18)12-4-3-5-12/h6-7,10-12,16,18-19H,3-5,8-9H2,1-2H3. The number of aromatic hydroxyl groups is 1. The lowest BCUT2D eigenvalue weighted by Crippen LogP contribution is -2.41. The zero-order valence-corrected chi connectivity index (χ0v) is 11.8. The first-order valence-electron chi connectivity index (χ1n) is 7.05. The Balaban J connectivity index is 2.21. The molecule has 106 valence electrons. The number of phenolic OH excluding ortho intramolecular Hbond substituents is 1. The summed E-state index contributed by atoms with van der Waals surface area (Å²) < 4.78 is 0. The Hall–Kier alpha value is -1.26. The lowest BCUT2D eigenvalue weighted by molar-refractivity contribution is 0.283. The van der Waals surface area contributed by atoms with E-state index in [2.05, 4.69) is 10.2 Å². The van der Waals surface area contributed by atoms with Gasteiger partial charge in [0.05, 0.1) is 6.61 Å². The predicted octanol–water partition coefficient (Wildman–Crippen LogP) is 2.02. The molecule has 0 bridgehead atoms. The Morgan fingerprint density at radius 3 is 2.63 bits per heavy atom. The van der Waals surface area contributed by atoms with Crippen molar-refractivity contribution >= 4 is 5.69 Å². The summed E-state index contributed by atoms with van der Waals surface area (Å²) in [4.78, 5) is 2.21. The largest absolute Gasteiger partial charge is 0.508 e. The molecule has 1 saturated carbocycles. The minimum atomic E-state index is 0.129. The normalized spacial score (nSPS) is 17.0. The van der Waals surface area contributed by atoms with Crippen LogP contribution in [0.25, 0.3) is 0 Å². The minimum absolute atomic E-state index is 0.129. The van der Waals surface area contributed by atoms with E-state index in [1.165, 1.54) is 19.3 Å². The van der Waals surface area contributed by atoms with Crippen LogP contribution in [0, 0.1) is 0 Å². The van der Waals surface area contributed by atoms with Crippen LogP contribution in [-0.2, 0) is 0 Å². The van der Waals surface area contributed by atoms with Crippen molar-refractivity contribution < 1.29 is 10.2 Å². The van der Waals surface area contributed by atoms with Gasteiger partial charge in [-0.3, -0.25) is 0 Å². The van der Waals surface area contributed by atoms with Gasteiger partial charge in [-0.2, -0.15) is 0 Å². The van der Waals surface area contributed by atoms with Crippen molar-refractivity contribution in [1.82, 2.24) is 5.32 Å². The molecule has 4 nitrogen and oxygen atoms in total. The van der Waals surface area contributed by atoms with Gasteiger partial charge in [0.15, 0.2) is 0 Å². The zero-order valence-electron chi connectivity index (χ0n) is 11.8. The van der Waals surface area contributed by atoms with Gasteiger partial charge in [-0.25, -0.2) is 0 Å². The summed E-state index contributed by atoms with van der Waals surface area (Å²) in [6, 6.07) is 6.46. The van der Waals surface area contributed by atoms with Gasteiger partial charge in [0.2, 0.25) is 0 Å². The van der Waals surface area contributed by atoms with Crippen molar-refractivity contribution in [3.05, 3.63) is 23.8 Å². The second-order valence-electron chi connectivity index (χ2n) is 5.26. The number of hydrogen-bond donors (Lipinski definition) is 3. The fourth-order valence-electron chi connectivity index (χ4n) is 2.56. The van der Waals surface area contributed by atoms with Crippen molar-refractivity contribution in [3.8, 4) is 5.75 Å². The predicted molar refractivity (Wildman–Crippen MR) is 77.7 cm³/mol. The average Bonchev–Trinajstić information content (AvgIpc) is 2.35. The molecule has 0 aromatic heterocycles. The number of aliphatic hydroxyl groups excluding tert-OH is 1. The maximum Gasteiger partial charge on any atom is 0.122 e.